The molecule has 1 aromatic carbocycles. The highest BCUT2D eigenvalue weighted by atomic mass is 16.2. The Morgan fingerprint density at radius 2 is 1.87 bits per heavy atom. The second-order valence-corrected chi connectivity index (χ2v) is 6.30. The third kappa shape index (κ3) is 2.44. The molecule has 0 aliphatic rings. The number of benzene rings is 1. The molecule has 23 heavy (non-hydrogen) atoms. The molecule has 2 aromatic heterocycles. The zero-order valence-corrected chi connectivity index (χ0v) is 13.3. The van der Waals surface area contributed by atoms with E-state index in [0.29, 0.717) is 17.7 Å². The van der Waals surface area contributed by atoms with Crippen LogP contribution in [0.4, 0.5) is 5.95 Å². The van der Waals surface area contributed by atoms with E-state index in [1.54, 1.807) is 11.6 Å². The molecule has 120 valence electrons. The van der Waals surface area contributed by atoms with Crippen molar-refractivity contribution in [3.63, 3.8) is 0 Å². The number of nitrogens with zero attached hydrogens (tertiary/aromatic N) is 3. The molecule has 7 heteroatoms. The molecule has 2 heterocycles. The van der Waals surface area contributed by atoms with Crippen LogP contribution in [0, 0.1) is 0 Å². The fourth-order valence-electron chi connectivity index (χ4n) is 2.79. The van der Waals surface area contributed by atoms with E-state index < -0.39 is 11.2 Å². The fourth-order valence-corrected chi connectivity index (χ4v) is 2.79. The van der Waals surface area contributed by atoms with Gasteiger partial charge in [0.25, 0.3) is 5.56 Å². The van der Waals surface area contributed by atoms with E-state index in [9.17, 15) is 9.59 Å². The fraction of sp³-hybridized carbons (Fsp3) is 0.312. The summed E-state index contributed by atoms with van der Waals surface area (Å²) in [5.41, 5.74) is 6.50. The second kappa shape index (κ2) is 5.12. The molecular weight excluding hydrogens is 294 g/mol. The van der Waals surface area contributed by atoms with Gasteiger partial charge in [0.2, 0.25) is 5.95 Å². The zero-order chi connectivity index (χ0) is 16.8. The third-order valence-electron chi connectivity index (χ3n) is 4.15. The van der Waals surface area contributed by atoms with Crippen molar-refractivity contribution in [1.29, 1.82) is 0 Å². The highest BCUT2D eigenvalue weighted by Crippen LogP contribution is 2.27. The summed E-state index contributed by atoms with van der Waals surface area (Å²) in [5, 5.41) is 0. The maximum atomic E-state index is 12.2. The molecule has 0 bridgehead atoms. The van der Waals surface area contributed by atoms with Crippen molar-refractivity contribution in [1.82, 2.24) is 19.1 Å². The zero-order valence-electron chi connectivity index (χ0n) is 13.3. The number of imidazole rings is 1. The normalized spacial score (nSPS) is 12.0. The number of nitrogens with two attached hydrogens (primary N) is 1. The number of H-pyrrole nitrogens is 1. The summed E-state index contributed by atoms with van der Waals surface area (Å²) < 4.78 is 2.96. The van der Waals surface area contributed by atoms with Gasteiger partial charge in [0.15, 0.2) is 11.2 Å². The number of nitrogen functional groups attached to an aromatic ring is 1. The third-order valence-corrected chi connectivity index (χ3v) is 4.15. The van der Waals surface area contributed by atoms with Crippen LogP contribution in [-0.2, 0) is 19.0 Å². The molecule has 3 aromatic rings. The van der Waals surface area contributed by atoms with Crippen LogP contribution in [0.1, 0.15) is 19.4 Å². The van der Waals surface area contributed by atoms with Gasteiger partial charge in [-0.2, -0.15) is 4.98 Å². The maximum Gasteiger partial charge on any atom is 0.329 e. The number of rotatable bonds is 3. The maximum absolute atomic E-state index is 12.2. The van der Waals surface area contributed by atoms with Gasteiger partial charge in [-0.3, -0.25) is 14.3 Å². The Kier molecular flexibility index (Phi) is 3.35. The molecule has 3 rings (SSSR count). The molecule has 0 unspecified atom stereocenters. The van der Waals surface area contributed by atoms with Gasteiger partial charge < -0.3 is 10.3 Å². The Bertz CT molecular complexity index is 979. The Morgan fingerprint density at radius 3 is 2.52 bits per heavy atom. The largest absolute Gasteiger partial charge is 0.369 e. The minimum atomic E-state index is -0.505. The highest BCUT2D eigenvalue weighted by molar-refractivity contribution is 5.73. The molecular formula is C16H19N5O2. The van der Waals surface area contributed by atoms with E-state index in [1.165, 1.54) is 4.57 Å². The van der Waals surface area contributed by atoms with Gasteiger partial charge in [0, 0.05) is 19.0 Å². The minimum Gasteiger partial charge on any atom is -0.369 e. The van der Waals surface area contributed by atoms with Gasteiger partial charge in [-0.25, -0.2) is 4.79 Å². The number of hydrogen-bond acceptors (Lipinski definition) is 4. The predicted molar refractivity (Wildman–Crippen MR) is 89.5 cm³/mol. The molecule has 0 amide bonds. The monoisotopic (exact) mass is 313 g/mol. The van der Waals surface area contributed by atoms with Crippen molar-refractivity contribution in [2.45, 2.75) is 25.8 Å². The van der Waals surface area contributed by atoms with Crippen LogP contribution in [0.25, 0.3) is 11.2 Å². The standard InChI is InChI=1S/C16H19N5O2/c1-16(2,10-7-5-4-6-8-10)9-21-11-12(18-14(21)17)20(3)15(23)19-13(11)22/h4-8H,9H2,1-3H3,(H2,17,18)(H,19,22,23). The molecule has 0 aliphatic heterocycles. The Labute approximate surface area is 132 Å². The quantitative estimate of drug-likeness (QED) is 0.753. The van der Waals surface area contributed by atoms with Crippen molar-refractivity contribution < 1.29 is 0 Å². The minimum absolute atomic E-state index is 0.218. The van der Waals surface area contributed by atoms with Crippen molar-refractivity contribution in [2.24, 2.45) is 7.05 Å². The summed E-state index contributed by atoms with van der Waals surface area (Å²) in [7, 11) is 1.56. The van der Waals surface area contributed by atoms with Crippen LogP contribution < -0.4 is 17.0 Å². The first-order valence-electron chi connectivity index (χ1n) is 7.32. The number of hydrogen-bond donors (Lipinski definition) is 2. The van der Waals surface area contributed by atoms with Crippen molar-refractivity contribution in [3.05, 3.63) is 56.7 Å². The average Bonchev–Trinajstić information content (AvgIpc) is 2.83. The Hall–Kier alpha value is -2.83. The summed E-state index contributed by atoms with van der Waals surface area (Å²) in [4.78, 5) is 30.4. The molecule has 0 fully saturated rings. The molecule has 7 nitrogen and oxygen atoms in total. The number of aromatic amines is 1. The van der Waals surface area contributed by atoms with Gasteiger partial charge in [-0.1, -0.05) is 44.2 Å². The van der Waals surface area contributed by atoms with E-state index in [2.05, 4.69) is 23.8 Å². The first-order chi connectivity index (χ1) is 10.8. The molecule has 0 saturated carbocycles. The van der Waals surface area contributed by atoms with Gasteiger partial charge in [0.1, 0.15) is 0 Å². The number of anilines is 1. The Balaban J connectivity index is 2.18. The van der Waals surface area contributed by atoms with Gasteiger partial charge in [-0.05, 0) is 5.56 Å². The molecule has 0 spiro atoms. The summed E-state index contributed by atoms with van der Waals surface area (Å²) in [6.45, 7) is 4.62. The van der Waals surface area contributed by atoms with E-state index >= 15 is 0 Å². The number of fused-ring (bicyclic) bond motifs is 1. The number of aromatic nitrogens is 4. The summed E-state index contributed by atoms with van der Waals surface area (Å²) in [6, 6.07) is 9.98. The lowest BCUT2D eigenvalue weighted by molar-refractivity contribution is 0.444. The first-order valence-corrected chi connectivity index (χ1v) is 7.32. The Morgan fingerprint density at radius 1 is 1.22 bits per heavy atom. The molecule has 0 radical (unpaired) electrons. The van der Waals surface area contributed by atoms with E-state index in [-0.39, 0.29) is 11.4 Å². The number of nitrogens with one attached hydrogen (secondary N) is 1. The second-order valence-electron chi connectivity index (χ2n) is 6.30. The van der Waals surface area contributed by atoms with E-state index in [1.807, 2.05) is 30.3 Å². The van der Waals surface area contributed by atoms with Crippen LogP contribution in [0.15, 0.2) is 39.9 Å². The molecule has 0 aliphatic carbocycles. The highest BCUT2D eigenvalue weighted by Gasteiger charge is 2.25. The predicted octanol–water partition coefficient (Wildman–Crippen LogP) is 0.983. The van der Waals surface area contributed by atoms with Gasteiger partial charge in [0.05, 0.1) is 0 Å². The van der Waals surface area contributed by atoms with Crippen molar-refractivity contribution in [2.75, 3.05) is 5.73 Å². The molecule has 3 N–H and O–H groups in total. The van der Waals surface area contributed by atoms with E-state index in [4.69, 9.17) is 5.73 Å². The number of aryl methyl sites for hydroxylation is 1. The van der Waals surface area contributed by atoms with Crippen LogP contribution in [0.5, 0.6) is 0 Å². The summed E-state index contributed by atoms with van der Waals surface area (Å²) >= 11 is 0. The van der Waals surface area contributed by atoms with Crippen molar-refractivity contribution in [3.8, 4) is 0 Å². The topological polar surface area (TPSA) is 98.7 Å². The average molecular weight is 313 g/mol. The van der Waals surface area contributed by atoms with Crippen LogP contribution >= 0.6 is 0 Å². The van der Waals surface area contributed by atoms with Crippen LogP contribution in [-0.4, -0.2) is 19.1 Å². The van der Waals surface area contributed by atoms with Crippen molar-refractivity contribution >= 4 is 17.1 Å². The van der Waals surface area contributed by atoms with E-state index in [0.717, 1.165) is 5.56 Å². The molecule has 0 saturated heterocycles. The summed E-state index contributed by atoms with van der Waals surface area (Å²) in [5.74, 6) is 0.218. The SMILES string of the molecule is Cn1c(=O)[nH]c(=O)c2c1nc(N)n2CC(C)(C)c1ccccc1. The van der Waals surface area contributed by atoms with Gasteiger partial charge >= 0.3 is 5.69 Å². The lowest BCUT2D eigenvalue weighted by atomic mass is 9.84. The lowest BCUT2D eigenvalue weighted by Crippen LogP contribution is -2.31. The van der Waals surface area contributed by atoms with Crippen LogP contribution in [0.3, 0.4) is 0 Å². The lowest BCUT2D eigenvalue weighted by Gasteiger charge is -2.26. The summed E-state index contributed by atoms with van der Waals surface area (Å²) in [6.07, 6.45) is 0. The molecule has 0 atom stereocenters. The smallest absolute Gasteiger partial charge is 0.329 e. The van der Waals surface area contributed by atoms with Crippen LogP contribution in [0.2, 0.25) is 0 Å². The van der Waals surface area contributed by atoms with Gasteiger partial charge in [-0.15, -0.1) is 0 Å². The first kappa shape index (κ1) is 15.1.